The van der Waals surface area contributed by atoms with Crippen molar-refractivity contribution in [3.63, 3.8) is 0 Å². The molecular weight excluding hydrogens is 166 g/mol. The number of hydrogen-bond donors (Lipinski definition) is 1. The van der Waals surface area contributed by atoms with Gasteiger partial charge in [-0.15, -0.1) is 0 Å². The molecule has 3 heteroatoms. The van der Waals surface area contributed by atoms with Crippen molar-refractivity contribution in [3.8, 4) is 0 Å². The molecule has 1 saturated carbocycles. The Balaban J connectivity index is 2.09. The van der Waals surface area contributed by atoms with Gasteiger partial charge in [-0.25, -0.2) is 0 Å². The van der Waals surface area contributed by atoms with Crippen LogP contribution in [0.3, 0.4) is 0 Å². The van der Waals surface area contributed by atoms with Crippen LogP contribution in [-0.2, 0) is 4.79 Å². The summed E-state index contributed by atoms with van der Waals surface area (Å²) in [6.45, 7) is 3.13. The Morgan fingerprint density at radius 3 is 2.69 bits per heavy atom. The van der Waals surface area contributed by atoms with Crippen molar-refractivity contribution >= 4 is 5.78 Å². The summed E-state index contributed by atoms with van der Waals surface area (Å²) in [7, 11) is 1.93. The first kappa shape index (κ1) is 10.7. The van der Waals surface area contributed by atoms with Crippen LogP contribution in [0, 0.1) is 5.92 Å². The number of aliphatic hydroxyl groups excluding tert-OH is 1. The van der Waals surface area contributed by atoms with Crippen LogP contribution in [0.1, 0.15) is 26.2 Å². The van der Waals surface area contributed by atoms with E-state index in [1.54, 1.807) is 6.92 Å². The molecule has 1 atom stereocenters. The lowest BCUT2D eigenvalue weighted by atomic mass is 10.2. The lowest BCUT2D eigenvalue weighted by Crippen LogP contribution is -2.29. The quantitative estimate of drug-likeness (QED) is 0.661. The van der Waals surface area contributed by atoms with Crippen molar-refractivity contribution in [1.29, 1.82) is 0 Å². The number of aliphatic hydroxyl groups is 1. The van der Waals surface area contributed by atoms with Gasteiger partial charge in [0.05, 0.1) is 12.6 Å². The van der Waals surface area contributed by atoms with E-state index in [0.717, 1.165) is 25.8 Å². The van der Waals surface area contributed by atoms with Crippen LogP contribution in [0.5, 0.6) is 0 Å². The van der Waals surface area contributed by atoms with Gasteiger partial charge in [0.1, 0.15) is 5.78 Å². The number of Topliss-reactive ketones (excluding diaryl/α,β-unsaturated/α-hetero) is 1. The van der Waals surface area contributed by atoms with E-state index in [4.69, 9.17) is 5.11 Å². The Hall–Kier alpha value is -0.410. The van der Waals surface area contributed by atoms with Crippen LogP contribution < -0.4 is 0 Å². The number of hydrogen-bond acceptors (Lipinski definition) is 3. The molecule has 0 heterocycles. The number of rotatable bonds is 6. The lowest BCUT2D eigenvalue weighted by Gasteiger charge is -2.16. The molecule has 1 aliphatic carbocycles. The average molecular weight is 185 g/mol. The van der Waals surface area contributed by atoms with E-state index >= 15 is 0 Å². The number of carbonyl (C=O) groups excluding carboxylic acids is 1. The fourth-order valence-corrected chi connectivity index (χ4v) is 1.29. The molecule has 1 aliphatic rings. The van der Waals surface area contributed by atoms with Crippen molar-refractivity contribution in [2.75, 3.05) is 20.1 Å². The second-order valence-corrected chi connectivity index (χ2v) is 4.12. The molecule has 0 saturated heterocycles. The molecule has 0 aromatic heterocycles. The first-order valence-corrected chi connectivity index (χ1v) is 4.99. The third-order valence-corrected chi connectivity index (χ3v) is 2.39. The standard InChI is InChI=1S/C10H19NO2/c1-8(12)5-6-11(2)7-10(13)9-3-4-9/h8-9,12H,3-7H2,1-2H3. The zero-order valence-electron chi connectivity index (χ0n) is 8.49. The molecule has 0 aliphatic heterocycles. The van der Waals surface area contributed by atoms with Gasteiger partial charge in [0.2, 0.25) is 0 Å². The van der Waals surface area contributed by atoms with Crippen LogP contribution in [0.2, 0.25) is 0 Å². The maximum absolute atomic E-state index is 11.4. The van der Waals surface area contributed by atoms with Crippen molar-refractivity contribution in [2.45, 2.75) is 32.3 Å². The van der Waals surface area contributed by atoms with E-state index in [0.29, 0.717) is 18.2 Å². The second-order valence-electron chi connectivity index (χ2n) is 4.12. The van der Waals surface area contributed by atoms with Gasteiger partial charge in [0, 0.05) is 12.5 Å². The van der Waals surface area contributed by atoms with Crippen molar-refractivity contribution in [1.82, 2.24) is 4.90 Å². The predicted molar refractivity (Wildman–Crippen MR) is 51.5 cm³/mol. The molecule has 1 N–H and O–H groups in total. The van der Waals surface area contributed by atoms with Crippen molar-refractivity contribution in [2.24, 2.45) is 5.92 Å². The largest absolute Gasteiger partial charge is 0.393 e. The van der Waals surface area contributed by atoms with Gasteiger partial charge in [0.15, 0.2) is 0 Å². The van der Waals surface area contributed by atoms with Gasteiger partial charge in [-0.3, -0.25) is 9.69 Å². The molecule has 1 rings (SSSR count). The Morgan fingerprint density at radius 1 is 1.62 bits per heavy atom. The summed E-state index contributed by atoms with van der Waals surface area (Å²) in [5, 5.41) is 9.05. The van der Waals surface area contributed by atoms with E-state index in [9.17, 15) is 4.79 Å². The molecule has 0 radical (unpaired) electrons. The third kappa shape index (κ3) is 4.39. The van der Waals surface area contributed by atoms with Crippen LogP contribution in [-0.4, -0.2) is 42.0 Å². The second kappa shape index (κ2) is 4.72. The highest BCUT2D eigenvalue weighted by Gasteiger charge is 2.29. The van der Waals surface area contributed by atoms with Crippen molar-refractivity contribution in [3.05, 3.63) is 0 Å². The lowest BCUT2D eigenvalue weighted by molar-refractivity contribution is -0.121. The van der Waals surface area contributed by atoms with Crippen molar-refractivity contribution < 1.29 is 9.90 Å². The highest BCUT2D eigenvalue weighted by atomic mass is 16.3. The van der Waals surface area contributed by atoms with Gasteiger partial charge in [-0.1, -0.05) is 0 Å². The molecular formula is C10H19NO2. The summed E-state index contributed by atoms with van der Waals surface area (Å²) in [6.07, 6.45) is 2.65. The van der Waals surface area contributed by atoms with E-state index < -0.39 is 0 Å². The first-order chi connectivity index (χ1) is 6.09. The number of nitrogens with zero attached hydrogens (tertiary/aromatic N) is 1. The Labute approximate surface area is 79.7 Å². The molecule has 1 unspecified atom stereocenters. The molecule has 3 nitrogen and oxygen atoms in total. The molecule has 76 valence electrons. The number of ketones is 1. The summed E-state index contributed by atoms with van der Waals surface area (Å²) in [6, 6.07) is 0. The number of likely N-dealkylation sites (N-methyl/N-ethyl adjacent to an activating group) is 1. The van der Waals surface area contributed by atoms with E-state index in [1.165, 1.54) is 0 Å². The van der Waals surface area contributed by atoms with Crippen LogP contribution in [0.4, 0.5) is 0 Å². The minimum Gasteiger partial charge on any atom is -0.393 e. The van der Waals surface area contributed by atoms with E-state index in [-0.39, 0.29) is 6.10 Å². The highest BCUT2D eigenvalue weighted by Crippen LogP contribution is 2.29. The maximum atomic E-state index is 11.4. The van der Waals surface area contributed by atoms with Gasteiger partial charge < -0.3 is 5.11 Å². The Bertz CT molecular complexity index is 176. The summed E-state index contributed by atoms with van der Waals surface area (Å²) in [5.41, 5.74) is 0. The zero-order chi connectivity index (χ0) is 9.84. The molecule has 0 aromatic rings. The van der Waals surface area contributed by atoms with E-state index in [1.807, 2.05) is 11.9 Å². The Morgan fingerprint density at radius 2 is 2.23 bits per heavy atom. The monoisotopic (exact) mass is 185 g/mol. The molecule has 0 aromatic carbocycles. The number of carbonyl (C=O) groups is 1. The first-order valence-electron chi connectivity index (χ1n) is 4.99. The van der Waals surface area contributed by atoms with E-state index in [2.05, 4.69) is 0 Å². The maximum Gasteiger partial charge on any atom is 0.149 e. The molecule has 1 fully saturated rings. The normalized spacial score (nSPS) is 19.1. The summed E-state index contributed by atoms with van der Waals surface area (Å²) < 4.78 is 0. The van der Waals surface area contributed by atoms with Gasteiger partial charge in [-0.05, 0) is 33.2 Å². The fraction of sp³-hybridized carbons (Fsp3) is 0.900. The topological polar surface area (TPSA) is 40.5 Å². The summed E-state index contributed by atoms with van der Waals surface area (Å²) in [4.78, 5) is 13.3. The predicted octanol–water partition coefficient (Wildman–Crippen LogP) is 0.668. The van der Waals surface area contributed by atoms with Gasteiger partial charge >= 0.3 is 0 Å². The van der Waals surface area contributed by atoms with Crippen LogP contribution in [0.15, 0.2) is 0 Å². The minimum absolute atomic E-state index is 0.265. The average Bonchev–Trinajstić information content (AvgIpc) is 2.82. The molecule has 0 bridgehead atoms. The van der Waals surface area contributed by atoms with Crippen LogP contribution in [0.25, 0.3) is 0 Å². The summed E-state index contributed by atoms with van der Waals surface area (Å²) >= 11 is 0. The third-order valence-electron chi connectivity index (χ3n) is 2.39. The van der Waals surface area contributed by atoms with Gasteiger partial charge in [0.25, 0.3) is 0 Å². The fourth-order valence-electron chi connectivity index (χ4n) is 1.29. The summed E-state index contributed by atoms with van der Waals surface area (Å²) in [5.74, 6) is 0.724. The molecule has 0 amide bonds. The highest BCUT2D eigenvalue weighted by molar-refractivity contribution is 5.84. The minimum atomic E-state index is -0.265. The molecule has 0 spiro atoms. The van der Waals surface area contributed by atoms with Gasteiger partial charge in [-0.2, -0.15) is 0 Å². The SMILES string of the molecule is CC(O)CCN(C)CC(=O)C1CC1. The zero-order valence-corrected chi connectivity index (χ0v) is 8.49. The molecule has 13 heavy (non-hydrogen) atoms. The smallest absolute Gasteiger partial charge is 0.149 e. The van der Waals surface area contributed by atoms with Crippen LogP contribution >= 0.6 is 0 Å². The Kier molecular flexibility index (Phi) is 3.88.